The Hall–Kier alpha value is -2.31. The molecule has 3 aliphatic rings. The van der Waals surface area contributed by atoms with Gasteiger partial charge in [-0.3, -0.25) is 0 Å². The molecule has 2 saturated carbocycles. The van der Waals surface area contributed by atoms with Gasteiger partial charge < -0.3 is 9.64 Å². The lowest BCUT2D eigenvalue weighted by molar-refractivity contribution is 0.110. The summed E-state index contributed by atoms with van der Waals surface area (Å²) in [5.41, 5.74) is 4.89. The molecule has 3 heteroatoms. The van der Waals surface area contributed by atoms with Gasteiger partial charge in [0.2, 0.25) is 0 Å². The number of rotatable bonds is 5. The molecular formula is C27H32N2O. The molecule has 2 aromatic rings. The first-order valence-electron chi connectivity index (χ1n) is 11.6. The number of hydrogen-bond donors (Lipinski definition) is 0. The largest absolute Gasteiger partial charge is 0.496 e. The zero-order valence-corrected chi connectivity index (χ0v) is 18.0. The van der Waals surface area contributed by atoms with Crippen LogP contribution in [0.1, 0.15) is 55.6 Å². The molecule has 3 nitrogen and oxygen atoms in total. The number of piperidine rings is 1. The lowest BCUT2D eigenvalue weighted by atomic mass is 9.85. The molecular weight excluding hydrogens is 368 g/mol. The van der Waals surface area contributed by atoms with E-state index in [2.05, 4.69) is 53.4 Å². The molecule has 1 aliphatic heterocycles. The number of benzene rings is 2. The van der Waals surface area contributed by atoms with Crippen molar-refractivity contribution < 1.29 is 4.74 Å². The van der Waals surface area contributed by atoms with Gasteiger partial charge in [0.05, 0.1) is 19.6 Å². The average Bonchev–Trinajstić information content (AvgIpc) is 3.43. The summed E-state index contributed by atoms with van der Waals surface area (Å²) in [5, 5.41) is 8.90. The molecule has 2 bridgehead atoms. The van der Waals surface area contributed by atoms with Gasteiger partial charge in [-0.05, 0) is 97.3 Å². The summed E-state index contributed by atoms with van der Waals surface area (Å²) in [6.07, 6.45) is 8.83. The van der Waals surface area contributed by atoms with Crippen molar-refractivity contribution in [1.82, 2.24) is 4.90 Å². The zero-order valence-electron chi connectivity index (χ0n) is 18.0. The van der Waals surface area contributed by atoms with E-state index in [1.54, 1.807) is 7.11 Å². The van der Waals surface area contributed by atoms with Gasteiger partial charge in [-0.1, -0.05) is 36.8 Å². The second-order valence-electron chi connectivity index (χ2n) is 9.54. The number of fused-ring (bicyclic) bond motifs is 2. The summed E-state index contributed by atoms with van der Waals surface area (Å²) in [6, 6.07) is 18.1. The van der Waals surface area contributed by atoms with Gasteiger partial charge in [0, 0.05) is 6.04 Å². The second kappa shape index (κ2) is 8.44. The fourth-order valence-corrected chi connectivity index (χ4v) is 6.34. The van der Waals surface area contributed by atoms with Crippen LogP contribution in [0.25, 0.3) is 11.1 Å². The highest BCUT2D eigenvalue weighted by atomic mass is 16.5. The summed E-state index contributed by atoms with van der Waals surface area (Å²) in [7, 11) is 1.79. The van der Waals surface area contributed by atoms with Gasteiger partial charge in [0.1, 0.15) is 5.75 Å². The van der Waals surface area contributed by atoms with Crippen LogP contribution in [0.2, 0.25) is 0 Å². The van der Waals surface area contributed by atoms with E-state index in [9.17, 15) is 0 Å². The average molecular weight is 401 g/mol. The summed E-state index contributed by atoms with van der Waals surface area (Å²) < 4.78 is 5.76. The fourth-order valence-electron chi connectivity index (χ4n) is 6.34. The van der Waals surface area contributed by atoms with Crippen LogP contribution < -0.4 is 4.74 Å². The van der Waals surface area contributed by atoms with Crippen molar-refractivity contribution in [2.24, 2.45) is 11.8 Å². The van der Waals surface area contributed by atoms with Crippen LogP contribution in [0.3, 0.4) is 0 Å². The molecule has 1 saturated heterocycles. The van der Waals surface area contributed by atoms with Crippen molar-refractivity contribution in [3.8, 4) is 22.9 Å². The molecule has 3 fully saturated rings. The smallest absolute Gasteiger partial charge is 0.122 e. The first kappa shape index (κ1) is 19.6. The first-order valence-corrected chi connectivity index (χ1v) is 11.6. The van der Waals surface area contributed by atoms with E-state index in [1.807, 2.05) is 0 Å². The maximum Gasteiger partial charge on any atom is 0.122 e. The molecule has 2 aliphatic carbocycles. The third kappa shape index (κ3) is 3.74. The van der Waals surface area contributed by atoms with Crippen LogP contribution in [0.5, 0.6) is 5.75 Å². The van der Waals surface area contributed by atoms with Crippen molar-refractivity contribution in [1.29, 1.82) is 5.26 Å². The monoisotopic (exact) mass is 400 g/mol. The molecule has 0 radical (unpaired) electrons. The highest BCUT2D eigenvalue weighted by Gasteiger charge is 2.43. The van der Waals surface area contributed by atoms with Crippen molar-refractivity contribution in [3.63, 3.8) is 0 Å². The Balaban J connectivity index is 1.31. The molecule has 0 N–H and O–H groups in total. The van der Waals surface area contributed by atoms with Crippen LogP contribution in [-0.2, 0) is 6.42 Å². The van der Waals surface area contributed by atoms with Gasteiger partial charge in [0.25, 0.3) is 0 Å². The minimum absolute atomic E-state index is 0.468. The molecule has 2 aromatic carbocycles. The van der Waals surface area contributed by atoms with Crippen molar-refractivity contribution in [3.05, 3.63) is 53.6 Å². The molecule has 1 heterocycles. The van der Waals surface area contributed by atoms with Crippen molar-refractivity contribution in [2.45, 2.75) is 56.9 Å². The lowest BCUT2D eigenvalue weighted by Gasteiger charge is -2.40. The van der Waals surface area contributed by atoms with Gasteiger partial charge in [-0.25, -0.2) is 0 Å². The van der Waals surface area contributed by atoms with E-state index in [0.29, 0.717) is 12.3 Å². The lowest BCUT2D eigenvalue weighted by Crippen LogP contribution is -2.43. The second-order valence-corrected chi connectivity index (χ2v) is 9.54. The fraction of sp³-hybridized carbons (Fsp3) is 0.519. The van der Waals surface area contributed by atoms with Crippen molar-refractivity contribution >= 4 is 0 Å². The quantitative estimate of drug-likeness (QED) is 0.637. The van der Waals surface area contributed by atoms with Gasteiger partial charge in [-0.2, -0.15) is 5.26 Å². The number of nitriles is 1. The van der Waals surface area contributed by atoms with Crippen LogP contribution in [0, 0.1) is 23.2 Å². The molecule has 156 valence electrons. The number of ether oxygens (including phenoxy) is 1. The zero-order chi connectivity index (χ0) is 20.5. The molecule has 0 aromatic heterocycles. The normalized spacial score (nSPS) is 26.6. The molecule has 0 amide bonds. The maximum absolute atomic E-state index is 8.90. The Morgan fingerprint density at radius 2 is 1.73 bits per heavy atom. The van der Waals surface area contributed by atoms with Gasteiger partial charge in [-0.15, -0.1) is 0 Å². The Bertz CT molecular complexity index is 921. The van der Waals surface area contributed by atoms with Crippen LogP contribution in [-0.4, -0.2) is 31.1 Å². The van der Waals surface area contributed by atoms with E-state index in [-0.39, 0.29) is 0 Å². The number of methoxy groups -OCH3 is 1. The Morgan fingerprint density at radius 3 is 2.37 bits per heavy atom. The first-order chi connectivity index (χ1) is 14.7. The highest BCUT2D eigenvalue weighted by Crippen LogP contribution is 2.48. The molecule has 30 heavy (non-hydrogen) atoms. The van der Waals surface area contributed by atoms with Crippen LogP contribution in [0.4, 0.5) is 0 Å². The number of hydrogen-bond acceptors (Lipinski definition) is 3. The predicted molar refractivity (Wildman–Crippen MR) is 121 cm³/mol. The van der Waals surface area contributed by atoms with Gasteiger partial charge >= 0.3 is 0 Å². The Kier molecular flexibility index (Phi) is 5.52. The van der Waals surface area contributed by atoms with E-state index in [1.165, 1.54) is 68.3 Å². The third-order valence-electron chi connectivity index (χ3n) is 7.94. The number of nitrogens with zero attached hydrogens (tertiary/aromatic N) is 2. The maximum atomic E-state index is 8.90. The molecule has 3 atom stereocenters. The Labute approximate surface area is 180 Å². The van der Waals surface area contributed by atoms with E-state index < -0.39 is 0 Å². The predicted octanol–water partition coefficient (Wildman–Crippen LogP) is 5.80. The van der Waals surface area contributed by atoms with E-state index in [4.69, 9.17) is 10.00 Å². The summed E-state index contributed by atoms with van der Waals surface area (Å²) >= 11 is 0. The topological polar surface area (TPSA) is 36.3 Å². The molecule has 5 rings (SSSR count). The molecule has 0 spiro atoms. The number of likely N-dealkylation sites (tertiary alicyclic amines) is 1. The van der Waals surface area contributed by atoms with Crippen molar-refractivity contribution in [2.75, 3.05) is 20.2 Å². The summed E-state index contributed by atoms with van der Waals surface area (Å²) in [4.78, 5) is 2.81. The van der Waals surface area contributed by atoms with Gasteiger partial charge in [0.15, 0.2) is 0 Å². The minimum atomic E-state index is 0.468. The molecule has 2 unspecified atom stereocenters. The summed E-state index contributed by atoms with van der Waals surface area (Å²) in [6.45, 7) is 2.46. The summed E-state index contributed by atoms with van der Waals surface area (Å²) in [5.74, 6) is 3.60. The SMILES string of the molecule is COc1ccc(-c2ccc(CC#N)cc2)cc1C1CCN(C2C[C@H]3CCC2C3)CC1. The van der Waals surface area contributed by atoms with Crippen LogP contribution in [0.15, 0.2) is 42.5 Å². The minimum Gasteiger partial charge on any atom is -0.496 e. The third-order valence-corrected chi connectivity index (χ3v) is 7.94. The van der Waals surface area contributed by atoms with E-state index >= 15 is 0 Å². The van der Waals surface area contributed by atoms with Crippen LogP contribution >= 0.6 is 0 Å². The van der Waals surface area contributed by atoms with E-state index in [0.717, 1.165) is 29.2 Å². The highest BCUT2D eigenvalue weighted by molar-refractivity contribution is 5.66. The standard InChI is InChI=1S/C27H32N2O/c1-30-27-9-8-23(21-5-2-19(3-6-21)10-13-28)18-25(27)22-11-14-29(15-12-22)26-17-20-4-7-24(26)16-20/h2-3,5-6,8-9,18,20,22,24,26H,4,7,10-12,14-17H2,1H3/t20-,24?,26?/m0/s1. The Morgan fingerprint density at radius 1 is 0.967 bits per heavy atom.